The highest BCUT2D eigenvalue weighted by Gasteiger charge is 2.25. The van der Waals surface area contributed by atoms with E-state index >= 15 is 0 Å². The predicted octanol–water partition coefficient (Wildman–Crippen LogP) is 3.51. The van der Waals surface area contributed by atoms with Crippen LogP contribution >= 0.6 is 0 Å². The monoisotopic (exact) mass is 410 g/mol. The van der Waals surface area contributed by atoms with Crippen LogP contribution in [0, 0.1) is 6.92 Å². The van der Waals surface area contributed by atoms with Gasteiger partial charge in [-0.25, -0.2) is 13.9 Å². The van der Waals surface area contributed by atoms with Crippen molar-refractivity contribution in [1.29, 1.82) is 0 Å². The van der Waals surface area contributed by atoms with Crippen LogP contribution in [0.5, 0.6) is 0 Å². The molecule has 0 aromatic heterocycles. The molecule has 0 radical (unpaired) electrons. The average Bonchev–Trinajstić information content (AvgIpc) is 2.75. The normalized spacial score (nSPS) is 11.4. The van der Waals surface area contributed by atoms with Gasteiger partial charge in [-0.05, 0) is 42.3 Å². The first-order chi connectivity index (χ1) is 13.9. The van der Waals surface area contributed by atoms with Crippen molar-refractivity contribution >= 4 is 15.9 Å². The molecule has 3 rings (SSSR count). The van der Waals surface area contributed by atoms with Crippen molar-refractivity contribution in [2.24, 2.45) is 0 Å². The lowest BCUT2D eigenvalue weighted by Gasteiger charge is -2.23. The number of carbonyl (C=O) groups excluding carboxylic acids is 1. The first kappa shape index (κ1) is 20.7. The quantitative estimate of drug-likeness (QED) is 0.461. The zero-order valence-corrected chi connectivity index (χ0v) is 16.8. The Hall–Kier alpha value is -3.00. The van der Waals surface area contributed by atoms with Gasteiger partial charge in [0.15, 0.2) is 0 Å². The fourth-order valence-corrected chi connectivity index (χ4v) is 4.33. The van der Waals surface area contributed by atoms with Gasteiger partial charge in [0.05, 0.1) is 4.90 Å². The van der Waals surface area contributed by atoms with E-state index in [0.717, 1.165) is 16.7 Å². The van der Waals surface area contributed by atoms with Gasteiger partial charge in [0.2, 0.25) is 10.0 Å². The summed E-state index contributed by atoms with van der Waals surface area (Å²) >= 11 is 0. The van der Waals surface area contributed by atoms with Crippen LogP contribution in [0.15, 0.2) is 83.8 Å². The molecule has 29 heavy (non-hydrogen) atoms. The van der Waals surface area contributed by atoms with Crippen molar-refractivity contribution in [3.63, 3.8) is 0 Å². The van der Waals surface area contributed by atoms with Crippen LogP contribution < -0.4 is 5.48 Å². The van der Waals surface area contributed by atoms with E-state index in [4.69, 9.17) is 5.21 Å². The number of rotatable bonds is 7. The van der Waals surface area contributed by atoms with Gasteiger partial charge in [0.25, 0.3) is 5.91 Å². The number of sulfonamides is 1. The number of amides is 1. The topological polar surface area (TPSA) is 86.7 Å². The highest BCUT2D eigenvalue weighted by atomic mass is 32.2. The summed E-state index contributed by atoms with van der Waals surface area (Å²) in [5.41, 5.74) is 4.57. The van der Waals surface area contributed by atoms with Crippen molar-refractivity contribution in [2.75, 3.05) is 0 Å². The number of hydroxylamine groups is 1. The van der Waals surface area contributed by atoms with Crippen LogP contribution in [0.1, 0.15) is 27.0 Å². The van der Waals surface area contributed by atoms with E-state index in [-0.39, 0.29) is 23.5 Å². The molecule has 6 nitrogen and oxygen atoms in total. The minimum atomic E-state index is -3.72. The molecule has 0 aliphatic heterocycles. The highest BCUT2D eigenvalue weighted by Crippen LogP contribution is 2.21. The van der Waals surface area contributed by atoms with Crippen LogP contribution in [0.2, 0.25) is 0 Å². The standard InChI is InChI=1S/C22H22N2O4S/c1-17-7-9-18(10-8-17)15-24(29(27,28)21-5-3-2-4-6-21)16-19-11-13-20(14-12-19)22(25)23-26/h2-14,26H,15-16H2,1H3,(H,23,25). The van der Waals surface area contributed by atoms with Crippen LogP contribution in [-0.2, 0) is 23.1 Å². The molecule has 150 valence electrons. The first-order valence-electron chi connectivity index (χ1n) is 9.04. The lowest BCUT2D eigenvalue weighted by molar-refractivity contribution is 0.0706. The lowest BCUT2D eigenvalue weighted by Crippen LogP contribution is -2.30. The minimum absolute atomic E-state index is 0.145. The van der Waals surface area contributed by atoms with E-state index in [9.17, 15) is 13.2 Å². The third-order valence-electron chi connectivity index (χ3n) is 4.54. The number of hydrogen-bond donors (Lipinski definition) is 2. The number of hydrogen-bond acceptors (Lipinski definition) is 4. The molecule has 0 fully saturated rings. The summed E-state index contributed by atoms with van der Waals surface area (Å²) in [6.45, 7) is 2.34. The number of nitrogens with zero attached hydrogens (tertiary/aromatic N) is 1. The number of carbonyl (C=O) groups is 1. The molecular formula is C22H22N2O4S. The Morgan fingerprint density at radius 3 is 1.90 bits per heavy atom. The Bertz CT molecular complexity index is 1060. The third-order valence-corrected chi connectivity index (χ3v) is 6.34. The molecule has 3 aromatic rings. The van der Waals surface area contributed by atoms with Crippen molar-refractivity contribution in [1.82, 2.24) is 9.79 Å². The summed E-state index contributed by atoms with van der Waals surface area (Å²) in [6.07, 6.45) is 0. The van der Waals surface area contributed by atoms with E-state index in [1.165, 1.54) is 4.31 Å². The van der Waals surface area contributed by atoms with Crippen LogP contribution in [0.3, 0.4) is 0 Å². The average molecular weight is 410 g/mol. The molecule has 2 N–H and O–H groups in total. The van der Waals surface area contributed by atoms with Gasteiger partial charge in [-0.1, -0.05) is 60.2 Å². The zero-order valence-electron chi connectivity index (χ0n) is 15.9. The number of benzene rings is 3. The van der Waals surface area contributed by atoms with Gasteiger partial charge in [-0.2, -0.15) is 4.31 Å². The molecule has 1 amide bonds. The Morgan fingerprint density at radius 1 is 0.862 bits per heavy atom. The molecule has 0 atom stereocenters. The van der Waals surface area contributed by atoms with Crippen molar-refractivity contribution in [3.8, 4) is 0 Å². The molecule has 0 aliphatic carbocycles. The van der Waals surface area contributed by atoms with Gasteiger partial charge in [0.1, 0.15) is 0 Å². The Labute approximate surface area is 170 Å². The molecule has 7 heteroatoms. The molecule has 0 aliphatic rings. The van der Waals surface area contributed by atoms with Crippen LogP contribution in [-0.4, -0.2) is 23.8 Å². The van der Waals surface area contributed by atoms with Gasteiger partial charge < -0.3 is 0 Å². The van der Waals surface area contributed by atoms with E-state index in [0.29, 0.717) is 0 Å². The van der Waals surface area contributed by atoms with E-state index in [1.54, 1.807) is 60.1 Å². The van der Waals surface area contributed by atoms with Gasteiger partial charge >= 0.3 is 0 Å². The van der Waals surface area contributed by atoms with Crippen LogP contribution in [0.4, 0.5) is 0 Å². The maximum Gasteiger partial charge on any atom is 0.274 e. The Kier molecular flexibility index (Phi) is 6.43. The molecule has 0 bridgehead atoms. The fourth-order valence-electron chi connectivity index (χ4n) is 2.89. The summed E-state index contributed by atoms with van der Waals surface area (Å²) < 4.78 is 27.9. The zero-order chi connectivity index (χ0) is 20.9. The maximum atomic E-state index is 13.3. The molecule has 0 heterocycles. The van der Waals surface area contributed by atoms with E-state index in [2.05, 4.69) is 0 Å². The summed E-state index contributed by atoms with van der Waals surface area (Å²) in [6, 6.07) is 22.5. The van der Waals surface area contributed by atoms with Crippen LogP contribution in [0.25, 0.3) is 0 Å². The van der Waals surface area contributed by atoms with Gasteiger partial charge in [-0.15, -0.1) is 0 Å². The predicted molar refractivity (Wildman–Crippen MR) is 110 cm³/mol. The summed E-state index contributed by atoms with van der Waals surface area (Å²) in [7, 11) is -3.72. The second-order valence-corrected chi connectivity index (χ2v) is 8.65. The van der Waals surface area contributed by atoms with E-state index in [1.807, 2.05) is 31.2 Å². The number of aryl methyl sites for hydroxylation is 1. The van der Waals surface area contributed by atoms with Gasteiger partial charge in [0, 0.05) is 18.7 Å². The molecule has 0 unspecified atom stereocenters. The third kappa shape index (κ3) is 5.08. The summed E-state index contributed by atoms with van der Waals surface area (Å²) in [5, 5.41) is 8.73. The smallest absolute Gasteiger partial charge is 0.274 e. The molecule has 0 saturated carbocycles. The summed E-state index contributed by atoms with van der Waals surface area (Å²) in [5.74, 6) is -0.620. The second kappa shape index (κ2) is 9.00. The largest absolute Gasteiger partial charge is 0.288 e. The first-order valence-corrected chi connectivity index (χ1v) is 10.5. The molecule has 3 aromatic carbocycles. The minimum Gasteiger partial charge on any atom is -0.288 e. The maximum absolute atomic E-state index is 13.3. The van der Waals surface area contributed by atoms with Crippen molar-refractivity contribution in [2.45, 2.75) is 24.9 Å². The van der Waals surface area contributed by atoms with Crippen molar-refractivity contribution < 1.29 is 18.4 Å². The second-order valence-electron chi connectivity index (χ2n) is 6.71. The molecule has 0 spiro atoms. The highest BCUT2D eigenvalue weighted by molar-refractivity contribution is 7.89. The summed E-state index contributed by atoms with van der Waals surface area (Å²) in [4.78, 5) is 11.7. The molecule has 0 saturated heterocycles. The Morgan fingerprint density at radius 2 is 1.38 bits per heavy atom. The number of nitrogens with one attached hydrogen (secondary N) is 1. The molecular weight excluding hydrogens is 388 g/mol. The van der Waals surface area contributed by atoms with E-state index < -0.39 is 15.9 Å². The fraction of sp³-hybridized carbons (Fsp3) is 0.136. The van der Waals surface area contributed by atoms with Gasteiger partial charge in [-0.3, -0.25) is 10.0 Å². The Balaban J connectivity index is 1.92. The SMILES string of the molecule is Cc1ccc(CN(Cc2ccc(C(=O)NO)cc2)S(=O)(=O)c2ccccc2)cc1. The lowest BCUT2D eigenvalue weighted by atomic mass is 10.1. The van der Waals surface area contributed by atoms with Crippen molar-refractivity contribution in [3.05, 3.63) is 101 Å².